The van der Waals surface area contributed by atoms with Crippen molar-refractivity contribution in [2.75, 3.05) is 24.1 Å². The summed E-state index contributed by atoms with van der Waals surface area (Å²) in [5.41, 5.74) is 8.47. The molecule has 4 N–H and O–H groups in total. The zero-order valence-corrected chi connectivity index (χ0v) is 20.0. The van der Waals surface area contributed by atoms with Crippen LogP contribution in [0.15, 0.2) is 54.9 Å². The molecule has 2 aromatic carbocycles. The molecule has 1 saturated heterocycles. The van der Waals surface area contributed by atoms with Gasteiger partial charge in [0, 0.05) is 24.0 Å². The van der Waals surface area contributed by atoms with Crippen LogP contribution in [0.2, 0.25) is 0 Å². The number of β-amino-alcohol motifs (C(OH)–C–C–N with tert-alkyl or cyclic N) is 1. The summed E-state index contributed by atoms with van der Waals surface area (Å²) in [6.45, 7) is 2.42. The number of rotatable bonds is 5. The van der Waals surface area contributed by atoms with E-state index in [1.54, 1.807) is 4.90 Å². The molecule has 1 amide bonds. The lowest BCUT2D eigenvalue weighted by molar-refractivity contribution is 0.0767. The van der Waals surface area contributed by atoms with E-state index in [1.165, 1.54) is 24.5 Å². The highest BCUT2D eigenvalue weighted by molar-refractivity contribution is 6.12. The predicted octanol–water partition coefficient (Wildman–Crippen LogP) is 3.66. The van der Waals surface area contributed by atoms with Gasteiger partial charge >= 0.3 is 0 Å². The minimum absolute atomic E-state index is 0.0425. The fourth-order valence-electron chi connectivity index (χ4n) is 4.66. The molecule has 0 radical (unpaired) electrons. The van der Waals surface area contributed by atoms with E-state index in [2.05, 4.69) is 15.3 Å². The molecule has 0 spiro atoms. The zero-order valence-electron chi connectivity index (χ0n) is 20.0. The monoisotopic (exact) mass is 497 g/mol. The van der Waals surface area contributed by atoms with Gasteiger partial charge in [0.25, 0.3) is 5.91 Å². The summed E-state index contributed by atoms with van der Waals surface area (Å²) in [6.07, 6.45) is 1.12. The van der Waals surface area contributed by atoms with Crippen molar-refractivity contribution >= 4 is 28.4 Å². The van der Waals surface area contributed by atoms with Gasteiger partial charge in [-0.1, -0.05) is 30.3 Å². The minimum atomic E-state index is -0.610. The van der Waals surface area contributed by atoms with Gasteiger partial charge in [0.2, 0.25) is 0 Å². The Morgan fingerprint density at radius 2 is 2.05 bits per heavy atom. The number of nitrogens with two attached hydrogens (primary N) is 1. The molecule has 1 aliphatic heterocycles. The smallest absolute Gasteiger partial charge is 0.255 e. The molecule has 3 heterocycles. The molecule has 2 aromatic heterocycles. The quantitative estimate of drug-likeness (QED) is 0.379. The Morgan fingerprint density at radius 3 is 2.76 bits per heavy atom. The van der Waals surface area contributed by atoms with E-state index >= 15 is 0 Å². The van der Waals surface area contributed by atoms with Crippen LogP contribution in [0.4, 0.5) is 16.0 Å². The zero-order chi connectivity index (χ0) is 26.1. The predicted molar refractivity (Wildman–Crippen MR) is 137 cm³/mol. The van der Waals surface area contributed by atoms with E-state index in [1.807, 2.05) is 43.3 Å². The molecule has 0 bridgehead atoms. The summed E-state index contributed by atoms with van der Waals surface area (Å²) >= 11 is 0. The van der Waals surface area contributed by atoms with Crippen LogP contribution in [0.5, 0.6) is 0 Å². The van der Waals surface area contributed by atoms with Crippen molar-refractivity contribution in [3.8, 4) is 17.2 Å². The first-order valence-corrected chi connectivity index (χ1v) is 11.8. The van der Waals surface area contributed by atoms with Crippen molar-refractivity contribution in [2.45, 2.75) is 25.5 Å². The second-order valence-electron chi connectivity index (χ2n) is 8.93. The SMILES string of the molecule is CC(Nc1ncnc(N)c1C#N)c1nc2ccc(F)cc2c(C(=O)N2CCC(O)C2)c1-c1ccccc1. The number of hydrogen-bond donors (Lipinski definition) is 3. The van der Waals surface area contributed by atoms with Gasteiger partial charge in [0.05, 0.1) is 28.9 Å². The van der Waals surface area contributed by atoms with Crippen LogP contribution in [-0.4, -0.2) is 50.1 Å². The Balaban J connectivity index is 1.75. The summed E-state index contributed by atoms with van der Waals surface area (Å²) in [7, 11) is 0. The molecule has 4 aromatic rings. The largest absolute Gasteiger partial charge is 0.391 e. The Hall–Kier alpha value is -4.62. The maximum Gasteiger partial charge on any atom is 0.255 e. The van der Waals surface area contributed by atoms with Gasteiger partial charge in [0.1, 0.15) is 35.4 Å². The Bertz CT molecular complexity index is 1540. The van der Waals surface area contributed by atoms with E-state index in [0.29, 0.717) is 40.7 Å². The van der Waals surface area contributed by atoms with Gasteiger partial charge in [-0.25, -0.2) is 19.3 Å². The Kier molecular flexibility index (Phi) is 6.38. The fraction of sp³-hybridized carbons (Fsp3) is 0.222. The van der Waals surface area contributed by atoms with Gasteiger partial charge in [-0.2, -0.15) is 5.26 Å². The minimum Gasteiger partial charge on any atom is -0.391 e. The van der Waals surface area contributed by atoms with Gasteiger partial charge in [0.15, 0.2) is 0 Å². The highest BCUT2D eigenvalue weighted by Gasteiger charge is 2.31. The van der Waals surface area contributed by atoms with E-state index in [9.17, 15) is 19.6 Å². The third kappa shape index (κ3) is 4.52. The van der Waals surface area contributed by atoms with Gasteiger partial charge in [-0.05, 0) is 37.1 Å². The number of fused-ring (bicyclic) bond motifs is 1. The van der Waals surface area contributed by atoms with Crippen molar-refractivity contribution < 1.29 is 14.3 Å². The first kappa shape index (κ1) is 24.1. The first-order valence-electron chi connectivity index (χ1n) is 11.8. The summed E-state index contributed by atoms with van der Waals surface area (Å²) in [4.78, 5) is 28.4. The van der Waals surface area contributed by atoms with Gasteiger partial charge in [-0.3, -0.25) is 4.79 Å². The van der Waals surface area contributed by atoms with Crippen LogP contribution in [0, 0.1) is 17.1 Å². The molecule has 1 aliphatic rings. The number of nitrogens with one attached hydrogen (secondary N) is 1. The number of nitrogens with zero attached hydrogens (tertiary/aromatic N) is 5. The number of nitrogen functional groups attached to an aromatic ring is 1. The van der Waals surface area contributed by atoms with Crippen molar-refractivity contribution in [1.29, 1.82) is 5.26 Å². The highest BCUT2D eigenvalue weighted by atomic mass is 19.1. The van der Waals surface area contributed by atoms with Crippen LogP contribution >= 0.6 is 0 Å². The highest BCUT2D eigenvalue weighted by Crippen LogP contribution is 2.38. The molecule has 1 fully saturated rings. The molecule has 186 valence electrons. The van der Waals surface area contributed by atoms with Crippen LogP contribution in [0.1, 0.15) is 41.0 Å². The number of amides is 1. The van der Waals surface area contributed by atoms with Crippen molar-refractivity contribution in [2.24, 2.45) is 0 Å². The molecule has 2 unspecified atom stereocenters. The summed E-state index contributed by atoms with van der Waals surface area (Å²) in [6, 6.07) is 14.9. The van der Waals surface area contributed by atoms with Crippen molar-refractivity contribution in [3.05, 3.63) is 77.5 Å². The average molecular weight is 498 g/mol. The summed E-state index contributed by atoms with van der Waals surface area (Å²) < 4.78 is 14.5. The molecule has 5 rings (SSSR count). The number of aliphatic hydroxyl groups is 1. The number of aliphatic hydroxyl groups excluding tert-OH is 1. The second-order valence-corrected chi connectivity index (χ2v) is 8.93. The molecule has 37 heavy (non-hydrogen) atoms. The Morgan fingerprint density at radius 1 is 1.27 bits per heavy atom. The topological polar surface area (TPSA) is 141 Å². The normalized spacial score (nSPS) is 15.9. The number of pyridine rings is 1. The lowest BCUT2D eigenvalue weighted by atomic mass is 9.91. The van der Waals surface area contributed by atoms with Crippen molar-refractivity contribution in [1.82, 2.24) is 19.9 Å². The number of benzene rings is 2. The van der Waals surface area contributed by atoms with E-state index in [-0.39, 0.29) is 29.7 Å². The third-order valence-corrected chi connectivity index (χ3v) is 6.45. The van der Waals surface area contributed by atoms with Gasteiger partial charge < -0.3 is 21.1 Å². The number of anilines is 2. The first-order chi connectivity index (χ1) is 17.9. The number of halogens is 1. The maximum atomic E-state index is 14.5. The van der Waals surface area contributed by atoms with E-state index in [4.69, 9.17) is 10.7 Å². The number of carbonyl (C=O) groups excluding carboxylic acids is 1. The number of hydrogen-bond acceptors (Lipinski definition) is 8. The number of likely N-dealkylation sites (tertiary alicyclic amines) is 1. The fourth-order valence-corrected chi connectivity index (χ4v) is 4.66. The van der Waals surface area contributed by atoms with Gasteiger partial charge in [-0.15, -0.1) is 0 Å². The lowest BCUT2D eigenvalue weighted by Crippen LogP contribution is -2.31. The number of carbonyl (C=O) groups is 1. The lowest BCUT2D eigenvalue weighted by Gasteiger charge is -2.24. The molecule has 0 saturated carbocycles. The molecule has 2 atom stereocenters. The number of nitriles is 1. The summed E-state index contributed by atoms with van der Waals surface area (Å²) in [5.74, 6) is -0.525. The molecular formula is C27H24FN7O2. The van der Waals surface area contributed by atoms with Crippen LogP contribution in [-0.2, 0) is 0 Å². The maximum absolute atomic E-state index is 14.5. The van der Waals surface area contributed by atoms with Crippen LogP contribution < -0.4 is 11.1 Å². The molecule has 9 nitrogen and oxygen atoms in total. The van der Waals surface area contributed by atoms with Crippen LogP contribution in [0.25, 0.3) is 22.0 Å². The average Bonchev–Trinajstić information content (AvgIpc) is 3.34. The van der Waals surface area contributed by atoms with E-state index in [0.717, 1.165) is 5.56 Å². The molecule has 0 aliphatic carbocycles. The summed E-state index contributed by atoms with van der Waals surface area (Å²) in [5, 5.41) is 23.2. The third-order valence-electron chi connectivity index (χ3n) is 6.45. The second kappa shape index (κ2) is 9.79. The Labute approximate surface area is 212 Å². The molecule has 10 heteroatoms. The molecular weight excluding hydrogens is 473 g/mol. The van der Waals surface area contributed by atoms with E-state index < -0.39 is 18.0 Å². The number of aromatic nitrogens is 3. The van der Waals surface area contributed by atoms with Crippen molar-refractivity contribution in [3.63, 3.8) is 0 Å². The standard InChI is InChI=1S/C27H24FN7O2/c1-15(33-26-20(12-29)25(30)31-14-32-26)24-22(16-5-3-2-4-6-16)23(27(37)35-10-9-18(36)13-35)19-11-17(28)7-8-21(19)34-24/h2-8,11,14-15,18,36H,9-10,13H2,1H3,(H3,30,31,32,33). The van der Waals surface area contributed by atoms with Crippen LogP contribution in [0.3, 0.4) is 0 Å².